The monoisotopic (exact) mass is 382 g/mol. The number of unbranched alkanes of at least 4 members (excludes halogenated alkanes) is 7. The number of hydrogen-bond donors (Lipinski definition) is 1. The summed E-state index contributed by atoms with van der Waals surface area (Å²) in [6.45, 7) is 8.78. The average molecular weight is 383 g/mol. The van der Waals surface area contributed by atoms with Gasteiger partial charge in [-0.3, -0.25) is 14.5 Å². The fourth-order valence-electron chi connectivity index (χ4n) is 3.96. The summed E-state index contributed by atoms with van der Waals surface area (Å²) in [5, 5.41) is 2.98. The Kier molecular flexibility index (Phi) is 12.4. The smallest absolute Gasteiger partial charge is 0.226 e. The van der Waals surface area contributed by atoms with Crippen LogP contribution in [0.3, 0.4) is 0 Å². The van der Waals surface area contributed by atoms with Crippen LogP contribution in [0.4, 0.5) is 0 Å². The highest BCUT2D eigenvalue weighted by Gasteiger charge is 2.29. The fourth-order valence-corrected chi connectivity index (χ4v) is 3.96. The maximum atomic E-state index is 12.1. The average Bonchev–Trinajstić information content (AvgIpc) is 3.05. The van der Waals surface area contributed by atoms with Gasteiger partial charge in [0.2, 0.25) is 11.8 Å². The summed E-state index contributed by atoms with van der Waals surface area (Å²) < 4.78 is 0.920. The van der Waals surface area contributed by atoms with Gasteiger partial charge in [-0.2, -0.15) is 0 Å². The molecule has 0 radical (unpaired) electrons. The van der Waals surface area contributed by atoms with E-state index in [1.54, 1.807) is 0 Å². The van der Waals surface area contributed by atoms with Crippen molar-refractivity contribution in [3.63, 3.8) is 0 Å². The van der Waals surface area contributed by atoms with Gasteiger partial charge in [-0.05, 0) is 19.3 Å². The zero-order valence-electron chi connectivity index (χ0n) is 18.2. The molecule has 1 heterocycles. The molecule has 1 N–H and O–H groups in total. The molecule has 1 fully saturated rings. The van der Waals surface area contributed by atoms with Crippen LogP contribution < -0.4 is 5.32 Å². The van der Waals surface area contributed by atoms with E-state index in [0.717, 1.165) is 50.2 Å². The first-order chi connectivity index (χ1) is 13.0. The minimum atomic E-state index is 0.127. The Balaban J connectivity index is 2.35. The molecule has 5 nitrogen and oxygen atoms in total. The summed E-state index contributed by atoms with van der Waals surface area (Å²) in [6.07, 6.45) is 13.9. The van der Waals surface area contributed by atoms with Gasteiger partial charge in [-0.1, -0.05) is 52.4 Å². The molecule has 0 aliphatic carbocycles. The van der Waals surface area contributed by atoms with Gasteiger partial charge in [0.15, 0.2) is 6.67 Å². The summed E-state index contributed by atoms with van der Waals surface area (Å²) in [4.78, 5) is 25.5. The number of hydrogen-bond acceptors (Lipinski definition) is 2. The van der Waals surface area contributed by atoms with E-state index >= 15 is 0 Å². The van der Waals surface area contributed by atoms with E-state index in [1.807, 2.05) is 6.92 Å². The number of amides is 2. The molecule has 5 heteroatoms. The van der Waals surface area contributed by atoms with Crippen LogP contribution in [-0.2, 0) is 9.59 Å². The number of nitrogens with zero attached hydrogens (tertiary/aromatic N) is 2. The second kappa shape index (κ2) is 14.0. The molecule has 0 bridgehead atoms. The summed E-state index contributed by atoms with van der Waals surface area (Å²) in [5.74, 6) is 0.441. The molecule has 1 atom stereocenters. The Morgan fingerprint density at radius 2 is 1.63 bits per heavy atom. The van der Waals surface area contributed by atoms with Gasteiger partial charge in [-0.15, -0.1) is 0 Å². The third-order valence-corrected chi connectivity index (χ3v) is 5.75. The Morgan fingerprint density at radius 1 is 1.00 bits per heavy atom. The van der Waals surface area contributed by atoms with Crippen molar-refractivity contribution in [2.45, 2.75) is 90.9 Å². The van der Waals surface area contributed by atoms with E-state index in [9.17, 15) is 9.59 Å². The number of quaternary nitrogens is 1. The number of carbonyl (C=O) groups is 2. The first-order valence-electron chi connectivity index (χ1n) is 11.4. The first-order valence-corrected chi connectivity index (χ1v) is 11.4. The SMILES string of the molecule is CCCCCCCCCC[N+](C)(CCCNC(=O)CC)CN1CCCC1=O. The predicted octanol–water partition coefficient (Wildman–Crippen LogP) is 4.07. The van der Waals surface area contributed by atoms with Gasteiger partial charge >= 0.3 is 0 Å². The molecule has 0 aromatic carbocycles. The van der Waals surface area contributed by atoms with Crippen LogP contribution in [-0.4, -0.2) is 61.1 Å². The molecule has 1 unspecified atom stereocenters. The van der Waals surface area contributed by atoms with E-state index in [4.69, 9.17) is 0 Å². The van der Waals surface area contributed by atoms with E-state index in [0.29, 0.717) is 18.7 Å². The van der Waals surface area contributed by atoms with Gasteiger partial charge in [0, 0.05) is 32.4 Å². The van der Waals surface area contributed by atoms with Gasteiger partial charge in [0.1, 0.15) is 0 Å². The number of carbonyl (C=O) groups excluding carboxylic acids is 2. The van der Waals surface area contributed by atoms with Crippen molar-refractivity contribution in [3.8, 4) is 0 Å². The normalized spacial score (nSPS) is 16.6. The second-order valence-corrected chi connectivity index (χ2v) is 8.50. The minimum Gasteiger partial charge on any atom is -0.356 e. The standard InChI is InChI=1S/C22H43N3O2/c1-4-6-7-8-9-10-11-12-18-25(3,19-14-16-23-21(26)5-2)20-24-17-13-15-22(24)27/h4-20H2,1-3H3/p+1. The highest BCUT2D eigenvalue weighted by Crippen LogP contribution is 2.17. The Bertz CT molecular complexity index is 428. The molecule has 158 valence electrons. The Hall–Kier alpha value is -1.10. The molecule has 1 rings (SSSR count). The molecule has 0 aromatic rings. The molecule has 1 saturated heterocycles. The molecular weight excluding hydrogens is 338 g/mol. The molecule has 1 aliphatic heterocycles. The highest BCUT2D eigenvalue weighted by molar-refractivity contribution is 5.77. The van der Waals surface area contributed by atoms with E-state index in [1.165, 1.54) is 51.4 Å². The van der Waals surface area contributed by atoms with Gasteiger partial charge in [0.05, 0.1) is 20.1 Å². The van der Waals surface area contributed by atoms with E-state index in [-0.39, 0.29) is 5.91 Å². The third-order valence-electron chi connectivity index (χ3n) is 5.75. The van der Waals surface area contributed by atoms with Crippen LogP contribution in [0, 0.1) is 0 Å². The van der Waals surface area contributed by atoms with Gasteiger partial charge in [-0.25, -0.2) is 0 Å². The summed E-state index contributed by atoms with van der Waals surface area (Å²) in [7, 11) is 2.29. The lowest BCUT2D eigenvalue weighted by atomic mass is 10.1. The van der Waals surface area contributed by atoms with Crippen molar-refractivity contribution >= 4 is 11.8 Å². The van der Waals surface area contributed by atoms with Crippen molar-refractivity contribution in [3.05, 3.63) is 0 Å². The predicted molar refractivity (Wildman–Crippen MR) is 112 cm³/mol. The topological polar surface area (TPSA) is 49.4 Å². The van der Waals surface area contributed by atoms with Crippen LogP contribution in [0.5, 0.6) is 0 Å². The zero-order valence-corrected chi connectivity index (χ0v) is 18.2. The molecule has 0 aromatic heterocycles. The molecule has 2 amide bonds. The number of rotatable bonds is 16. The third kappa shape index (κ3) is 10.7. The summed E-state index contributed by atoms with van der Waals surface area (Å²) in [5.41, 5.74) is 0. The largest absolute Gasteiger partial charge is 0.356 e. The maximum absolute atomic E-state index is 12.1. The second-order valence-electron chi connectivity index (χ2n) is 8.50. The number of nitrogens with one attached hydrogen (secondary N) is 1. The van der Waals surface area contributed by atoms with E-state index in [2.05, 4.69) is 24.2 Å². The van der Waals surface area contributed by atoms with Crippen LogP contribution in [0.2, 0.25) is 0 Å². The van der Waals surface area contributed by atoms with Crippen molar-refractivity contribution in [1.29, 1.82) is 0 Å². The lowest BCUT2D eigenvalue weighted by Gasteiger charge is -2.38. The quantitative estimate of drug-likeness (QED) is 0.323. The zero-order chi connectivity index (χ0) is 20.0. The molecule has 0 saturated carbocycles. The summed E-state index contributed by atoms with van der Waals surface area (Å²) >= 11 is 0. The molecule has 0 spiro atoms. The molecular formula is C22H44N3O2+. The van der Waals surface area contributed by atoms with Crippen LogP contribution in [0.1, 0.15) is 90.9 Å². The Labute approximate surface area is 167 Å². The minimum absolute atomic E-state index is 0.127. The molecule has 1 aliphatic rings. The molecule has 27 heavy (non-hydrogen) atoms. The fraction of sp³-hybridized carbons (Fsp3) is 0.909. The van der Waals surface area contributed by atoms with Crippen molar-refractivity contribution in [2.75, 3.05) is 39.9 Å². The lowest BCUT2D eigenvalue weighted by molar-refractivity contribution is -0.918. The maximum Gasteiger partial charge on any atom is 0.226 e. The van der Waals surface area contributed by atoms with Crippen molar-refractivity contribution in [2.24, 2.45) is 0 Å². The van der Waals surface area contributed by atoms with Crippen LogP contribution in [0.25, 0.3) is 0 Å². The van der Waals surface area contributed by atoms with Crippen molar-refractivity contribution < 1.29 is 14.1 Å². The summed E-state index contributed by atoms with van der Waals surface area (Å²) in [6, 6.07) is 0. The van der Waals surface area contributed by atoms with Gasteiger partial charge in [0.25, 0.3) is 0 Å². The highest BCUT2D eigenvalue weighted by atomic mass is 16.2. The first kappa shape index (κ1) is 23.9. The van der Waals surface area contributed by atoms with Gasteiger partial charge < -0.3 is 9.80 Å². The number of likely N-dealkylation sites (tertiary alicyclic amines) is 1. The van der Waals surface area contributed by atoms with Crippen LogP contribution in [0.15, 0.2) is 0 Å². The van der Waals surface area contributed by atoms with Crippen molar-refractivity contribution in [1.82, 2.24) is 10.2 Å². The van der Waals surface area contributed by atoms with Crippen LogP contribution >= 0.6 is 0 Å². The van der Waals surface area contributed by atoms with E-state index < -0.39 is 0 Å². The lowest BCUT2D eigenvalue weighted by Crippen LogP contribution is -2.53. The Morgan fingerprint density at radius 3 is 2.22 bits per heavy atom.